The van der Waals surface area contributed by atoms with E-state index in [1.54, 1.807) is 0 Å². The number of aryl methyl sites for hydroxylation is 3. The lowest BCUT2D eigenvalue weighted by molar-refractivity contribution is 0.0613. The van der Waals surface area contributed by atoms with Crippen molar-refractivity contribution < 1.29 is 4.74 Å². The van der Waals surface area contributed by atoms with Crippen LogP contribution in [0, 0.1) is 5.92 Å². The first-order valence-corrected chi connectivity index (χ1v) is 8.80. The monoisotopic (exact) mass is 299 g/mol. The average molecular weight is 299 g/mol. The van der Waals surface area contributed by atoms with E-state index in [0.29, 0.717) is 0 Å². The zero-order chi connectivity index (χ0) is 14.9. The molecule has 0 atom stereocenters. The lowest BCUT2D eigenvalue weighted by Gasteiger charge is -2.24. The second-order valence-corrected chi connectivity index (χ2v) is 6.67. The molecule has 0 radical (unpaired) electrons. The summed E-state index contributed by atoms with van der Waals surface area (Å²) in [5.74, 6) is 1.95. The fourth-order valence-electron chi connectivity index (χ4n) is 4.01. The Hall–Kier alpha value is -1.42. The Bertz CT molecular complexity index is 671. The maximum atomic E-state index is 5.52. The van der Waals surface area contributed by atoms with Gasteiger partial charge in [0.05, 0.1) is 11.7 Å². The van der Waals surface area contributed by atoms with Gasteiger partial charge in [0.2, 0.25) is 0 Å². The molecule has 2 aliphatic rings. The second kappa shape index (κ2) is 5.99. The third kappa shape index (κ3) is 2.43. The van der Waals surface area contributed by atoms with Gasteiger partial charge >= 0.3 is 0 Å². The molecular weight excluding hydrogens is 274 g/mol. The molecule has 0 N–H and O–H groups in total. The maximum Gasteiger partial charge on any atom is 0.109 e. The van der Waals surface area contributed by atoms with Crippen LogP contribution in [-0.4, -0.2) is 27.7 Å². The summed E-state index contributed by atoms with van der Waals surface area (Å²) < 4.78 is 8.03. The van der Waals surface area contributed by atoms with Crippen LogP contribution in [0.2, 0.25) is 0 Å². The fourth-order valence-corrected chi connectivity index (χ4v) is 4.01. The van der Waals surface area contributed by atoms with Crippen molar-refractivity contribution >= 4 is 11.0 Å². The normalized spacial score (nSPS) is 19.5. The van der Waals surface area contributed by atoms with E-state index in [1.165, 1.54) is 54.7 Å². The molecule has 1 fully saturated rings. The highest BCUT2D eigenvalue weighted by Crippen LogP contribution is 2.30. The molecule has 4 nitrogen and oxygen atoms in total. The Morgan fingerprint density at radius 1 is 1.23 bits per heavy atom. The van der Waals surface area contributed by atoms with E-state index in [-0.39, 0.29) is 0 Å². The summed E-state index contributed by atoms with van der Waals surface area (Å²) >= 11 is 0. The molecule has 0 aromatic carbocycles. The van der Waals surface area contributed by atoms with Crippen molar-refractivity contribution in [3.05, 3.63) is 23.3 Å². The Morgan fingerprint density at radius 2 is 2.05 bits per heavy atom. The van der Waals surface area contributed by atoms with Crippen LogP contribution in [-0.2, 0) is 30.5 Å². The lowest BCUT2D eigenvalue weighted by atomic mass is 9.94. The van der Waals surface area contributed by atoms with Crippen LogP contribution in [0.5, 0.6) is 0 Å². The van der Waals surface area contributed by atoms with E-state index in [9.17, 15) is 0 Å². The zero-order valence-corrected chi connectivity index (χ0v) is 13.5. The standard InChI is InChI=1S/C18H25N3O/c1-2-17-20-16-11-19-15-6-4-3-5-14(15)18(16)21(17)12-13-7-9-22-10-8-13/h11,13H,2-10,12H2,1H3. The number of fused-ring (bicyclic) bond motifs is 3. The number of nitrogens with zero attached hydrogens (tertiary/aromatic N) is 3. The minimum atomic E-state index is 0.726. The van der Waals surface area contributed by atoms with Gasteiger partial charge in [-0.25, -0.2) is 4.98 Å². The van der Waals surface area contributed by atoms with Crippen molar-refractivity contribution in [2.45, 2.75) is 58.4 Å². The molecule has 2 aromatic rings. The predicted octanol–water partition coefficient (Wildman–Crippen LogP) is 3.30. The van der Waals surface area contributed by atoms with Gasteiger partial charge in [-0.05, 0) is 50.0 Å². The van der Waals surface area contributed by atoms with Gasteiger partial charge in [0.1, 0.15) is 11.3 Å². The van der Waals surface area contributed by atoms with Crippen LogP contribution < -0.4 is 0 Å². The summed E-state index contributed by atoms with van der Waals surface area (Å²) in [5.41, 5.74) is 5.27. The van der Waals surface area contributed by atoms with Crippen molar-refractivity contribution in [2.75, 3.05) is 13.2 Å². The molecule has 4 rings (SSSR count). The highest BCUT2D eigenvalue weighted by molar-refractivity contribution is 5.80. The minimum absolute atomic E-state index is 0.726. The largest absolute Gasteiger partial charge is 0.381 e. The quantitative estimate of drug-likeness (QED) is 0.873. The third-order valence-corrected chi connectivity index (χ3v) is 5.24. The number of pyridine rings is 1. The highest BCUT2D eigenvalue weighted by atomic mass is 16.5. The maximum absolute atomic E-state index is 5.52. The molecule has 1 aliphatic heterocycles. The molecule has 22 heavy (non-hydrogen) atoms. The number of hydrogen-bond donors (Lipinski definition) is 0. The first-order chi connectivity index (χ1) is 10.9. The number of hydrogen-bond acceptors (Lipinski definition) is 3. The Morgan fingerprint density at radius 3 is 2.86 bits per heavy atom. The third-order valence-electron chi connectivity index (χ3n) is 5.24. The predicted molar refractivity (Wildman–Crippen MR) is 87.1 cm³/mol. The molecular formula is C18H25N3O. The minimum Gasteiger partial charge on any atom is -0.381 e. The van der Waals surface area contributed by atoms with Crippen LogP contribution in [0.1, 0.15) is 49.7 Å². The molecule has 0 bridgehead atoms. The molecule has 0 saturated carbocycles. The molecule has 0 spiro atoms. The molecule has 2 aromatic heterocycles. The van der Waals surface area contributed by atoms with E-state index < -0.39 is 0 Å². The highest BCUT2D eigenvalue weighted by Gasteiger charge is 2.22. The Balaban J connectivity index is 1.79. The van der Waals surface area contributed by atoms with E-state index >= 15 is 0 Å². The van der Waals surface area contributed by atoms with Gasteiger partial charge in [0, 0.05) is 31.9 Å². The smallest absolute Gasteiger partial charge is 0.109 e. The van der Waals surface area contributed by atoms with Crippen LogP contribution in [0.3, 0.4) is 0 Å². The summed E-state index contributed by atoms with van der Waals surface area (Å²) in [7, 11) is 0. The molecule has 0 amide bonds. The van der Waals surface area contributed by atoms with E-state index in [2.05, 4.69) is 16.5 Å². The van der Waals surface area contributed by atoms with Crippen LogP contribution in [0.4, 0.5) is 0 Å². The van der Waals surface area contributed by atoms with Crippen LogP contribution in [0.25, 0.3) is 11.0 Å². The second-order valence-electron chi connectivity index (χ2n) is 6.67. The molecule has 0 unspecified atom stereocenters. The molecule has 118 valence electrons. The van der Waals surface area contributed by atoms with Crippen molar-refractivity contribution in [2.24, 2.45) is 5.92 Å². The van der Waals surface area contributed by atoms with Gasteiger partial charge < -0.3 is 9.30 Å². The Labute approximate surface area is 131 Å². The molecule has 1 aliphatic carbocycles. The summed E-state index contributed by atoms with van der Waals surface area (Å²) in [4.78, 5) is 9.56. The Kier molecular flexibility index (Phi) is 3.87. The summed E-state index contributed by atoms with van der Waals surface area (Å²) in [5, 5.41) is 0. The van der Waals surface area contributed by atoms with Crippen molar-refractivity contribution in [3.63, 3.8) is 0 Å². The van der Waals surface area contributed by atoms with Gasteiger partial charge in [-0.2, -0.15) is 0 Å². The van der Waals surface area contributed by atoms with Crippen LogP contribution in [0.15, 0.2) is 6.20 Å². The average Bonchev–Trinajstić information content (AvgIpc) is 2.94. The number of ether oxygens (including phenoxy) is 1. The number of rotatable bonds is 3. The summed E-state index contributed by atoms with van der Waals surface area (Å²) in [6.07, 6.45) is 10.2. The van der Waals surface area contributed by atoms with Crippen molar-refractivity contribution in [1.82, 2.24) is 14.5 Å². The van der Waals surface area contributed by atoms with Crippen molar-refractivity contribution in [3.8, 4) is 0 Å². The molecule has 3 heterocycles. The first kappa shape index (κ1) is 14.2. The number of imidazole rings is 1. The van der Waals surface area contributed by atoms with Crippen molar-refractivity contribution in [1.29, 1.82) is 0 Å². The van der Waals surface area contributed by atoms with E-state index in [0.717, 1.165) is 44.0 Å². The van der Waals surface area contributed by atoms with Gasteiger partial charge in [-0.3, -0.25) is 4.98 Å². The van der Waals surface area contributed by atoms with Crippen LogP contribution >= 0.6 is 0 Å². The van der Waals surface area contributed by atoms with E-state index in [4.69, 9.17) is 9.72 Å². The number of aromatic nitrogens is 3. The SMILES string of the molecule is CCc1nc2cnc3c(c2n1CC1CCOCC1)CCCC3. The topological polar surface area (TPSA) is 39.9 Å². The summed E-state index contributed by atoms with van der Waals surface area (Å²) in [6, 6.07) is 0. The molecule has 4 heteroatoms. The van der Waals surface area contributed by atoms with Gasteiger partial charge in [-0.1, -0.05) is 6.92 Å². The fraction of sp³-hybridized carbons (Fsp3) is 0.667. The summed E-state index contributed by atoms with van der Waals surface area (Å²) in [6.45, 7) is 5.14. The molecule has 1 saturated heterocycles. The lowest BCUT2D eigenvalue weighted by Crippen LogP contribution is -2.21. The van der Waals surface area contributed by atoms with E-state index in [1.807, 2.05) is 6.20 Å². The zero-order valence-electron chi connectivity index (χ0n) is 13.5. The first-order valence-electron chi connectivity index (χ1n) is 8.80. The van der Waals surface area contributed by atoms with Gasteiger partial charge in [0.15, 0.2) is 0 Å². The van der Waals surface area contributed by atoms with Gasteiger partial charge in [0.25, 0.3) is 0 Å². The van der Waals surface area contributed by atoms with Gasteiger partial charge in [-0.15, -0.1) is 0 Å².